The summed E-state index contributed by atoms with van der Waals surface area (Å²) in [6, 6.07) is 11.1. The zero-order valence-electron chi connectivity index (χ0n) is 14.8. The van der Waals surface area contributed by atoms with Gasteiger partial charge in [0.15, 0.2) is 4.80 Å². The van der Waals surface area contributed by atoms with E-state index in [-0.39, 0.29) is 0 Å². The average Bonchev–Trinajstić information content (AvgIpc) is 2.95. The Kier molecular flexibility index (Phi) is 5.76. The first kappa shape index (κ1) is 18.6. The topological polar surface area (TPSA) is 52.8 Å². The summed E-state index contributed by atoms with van der Waals surface area (Å²) in [7, 11) is 3.17. The van der Waals surface area contributed by atoms with Crippen LogP contribution in [0.1, 0.15) is 15.9 Å². The lowest BCUT2D eigenvalue weighted by Crippen LogP contribution is -2.19. The highest BCUT2D eigenvalue weighted by Crippen LogP contribution is 2.24. The maximum atomic E-state index is 12.8. The number of hydrogen-bond acceptors (Lipinski definition) is 4. The fourth-order valence-corrected chi connectivity index (χ4v) is 3.98. The van der Waals surface area contributed by atoms with Crippen molar-refractivity contribution in [2.75, 3.05) is 20.8 Å². The van der Waals surface area contributed by atoms with E-state index in [1.54, 1.807) is 25.3 Å². The highest BCUT2D eigenvalue weighted by molar-refractivity contribution is 7.16. The summed E-state index contributed by atoms with van der Waals surface area (Å²) >= 11 is 7.51. The zero-order chi connectivity index (χ0) is 18.7. The summed E-state index contributed by atoms with van der Waals surface area (Å²) in [4.78, 5) is 17.7. The van der Waals surface area contributed by atoms with Gasteiger partial charge in [-0.3, -0.25) is 4.79 Å². The summed E-state index contributed by atoms with van der Waals surface area (Å²) in [5.41, 5.74) is 2.53. The second-order valence-electron chi connectivity index (χ2n) is 5.76. The number of halogens is 1. The van der Waals surface area contributed by atoms with Gasteiger partial charge in [-0.25, -0.2) is 0 Å². The van der Waals surface area contributed by atoms with Crippen LogP contribution < -0.4 is 9.54 Å². The van der Waals surface area contributed by atoms with Crippen LogP contribution in [0, 0.1) is 6.92 Å². The van der Waals surface area contributed by atoms with Crippen LogP contribution in [0.2, 0.25) is 5.02 Å². The second-order valence-corrected chi connectivity index (χ2v) is 7.21. The van der Waals surface area contributed by atoms with E-state index in [0.717, 1.165) is 15.8 Å². The van der Waals surface area contributed by atoms with Crippen molar-refractivity contribution in [3.63, 3.8) is 0 Å². The number of methoxy groups -OCH3 is 2. The van der Waals surface area contributed by atoms with E-state index in [4.69, 9.17) is 21.1 Å². The van der Waals surface area contributed by atoms with E-state index < -0.39 is 5.91 Å². The van der Waals surface area contributed by atoms with Crippen LogP contribution in [-0.4, -0.2) is 31.3 Å². The maximum absolute atomic E-state index is 12.8. The molecule has 2 aromatic carbocycles. The Morgan fingerprint density at radius 1 is 1.23 bits per heavy atom. The molecular weight excluding hydrogens is 372 g/mol. The number of fused-ring (bicyclic) bond motifs is 1. The Labute approximate surface area is 160 Å². The highest BCUT2D eigenvalue weighted by atomic mass is 35.5. The number of carbonyl (C=O) groups excluding carboxylic acids is 1. The molecular formula is C19H19ClN2O3S. The molecule has 0 saturated carbocycles. The van der Waals surface area contributed by atoms with Gasteiger partial charge >= 0.3 is 0 Å². The van der Waals surface area contributed by atoms with E-state index in [9.17, 15) is 4.79 Å². The Bertz CT molecular complexity index is 1020. The molecule has 0 aliphatic rings. The van der Waals surface area contributed by atoms with Gasteiger partial charge in [-0.05, 0) is 42.8 Å². The van der Waals surface area contributed by atoms with Gasteiger partial charge in [0.05, 0.1) is 29.5 Å². The molecule has 5 nitrogen and oxygen atoms in total. The minimum atomic E-state index is -0.390. The monoisotopic (exact) mass is 390 g/mol. The first-order chi connectivity index (χ1) is 12.5. The molecule has 0 atom stereocenters. The van der Waals surface area contributed by atoms with Crippen molar-refractivity contribution in [3.05, 3.63) is 57.3 Å². The molecule has 0 radical (unpaired) electrons. The van der Waals surface area contributed by atoms with Crippen molar-refractivity contribution in [1.29, 1.82) is 0 Å². The van der Waals surface area contributed by atoms with Crippen LogP contribution in [0.25, 0.3) is 10.2 Å². The predicted octanol–water partition coefficient (Wildman–Crippen LogP) is 4.06. The molecule has 1 heterocycles. The molecule has 136 valence electrons. The SMILES string of the molecule is COCCn1c(=NC(=O)c2cc(Cl)ccc2OC)sc2cc(C)ccc21. The number of aromatic nitrogens is 1. The number of hydrogen-bond donors (Lipinski definition) is 0. The van der Waals surface area contributed by atoms with Gasteiger partial charge in [-0.1, -0.05) is 29.0 Å². The number of benzene rings is 2. The van der Waals surface area contributed by atoms with Crippen molar-refractivity contribution in [1.82, 2.24) is 4.57 Å². The molecule has 0 unspecified atom stereocenters. The normalized spacial score (nSPS) is 11.9. The lowest BCUT2D eigenvalue weighted by Gasteiger charge is -2.06. The van der Waals surface area contributed by atoms with Crippen LogP contribution in [0.3, 0.4) is 0 Å². The lowest BCUT2D eigenvalue weighted by molar-refractivity contribution is 0.0994. The Morgan fingerprint density at radius 3 is 2.77 bits per heavy atom. The third-order valence-corrected chi connectivity index (χ3v) is 5.22. The van der Waals surface area contributed by atoms with Crippen LogP contribution in [0.5, 0.6) is 5.75 Å². The van der Waals surface area contributed by atoms with E-state index in [1.807, 2.05) is 23.6 Å². The number of rotatable bonds is 5. The highest BCUT2D eigenvalue weighted by Gasteiger charge is 2.14. The number of ether oxygens (including phenoxy) is 2. The van der Waals surface area contributed by atoms with Gasteiger partial charge in [0.25, 0.3) is 5.91 Å². The molecule has 0 spiro atoms. The van der Waals surface area contributed by atoms with Crippen molar-refractivity contribution >= 4 is 39.1 Å². The summed E-state index contributed by atoms with van der Waals surface area (Å²) in [5, 5.41) is 0.462. The Balaban J connectivity index is 2.14. The summed E-state index contributed by atoms with van der Waals surface area (Å²) < 4.78 is 13.5. The first-order valence-corrected chi connectivity index (χ1v) is 9.24. The summed E-state index contributed by atoms with van der Waals surface area (Å²) in [6.07, 6.45) is 0. The van der Waals surface area contributed by atoms with E-state index in [0.29, 0.717) is 34.3 Å². The van der Waals surface area contributed by atoms with Gasteiger partial charge in [0.1, 0.15) is 5.75 Å². The number of nitrogens with zero attached hydrogens (tertiary/aromatic N) is 2. The predicted molar refractivity (Wildman–Crippen MR) is 104 cm³/mol. The quantitative estimate of drug-likeness (QED) is 0.660. The standard InChI is InChI=1S/C19H19ClN2O3S/c1-12-4-6-15-17(10-12)26-19(22(15)8-9-24-2)21-18(23)14-11-13(20)5-7-16(14)25-3/h4-7,10-11H,8-9H2,1-3H3. The van der Waals surface area contributed by atoms with Crippen LogP contribution >= 0.6 is 22.9 Å². The molecule has 3 rings (SSSR count). The largest absolute Gasteiger partial charge is 0.496 e. The van der Waals surface area contributed by atoms with Gasteiger partial charge in [-0.2, -0.15) is 4.99 Å². The van der Waals surface area contributed by atoms with Crippen molar-refractivity contribution in [2.24, 2.45) is 4.99 Å². The van der Waals surface area contributed by atoms with Crippen molar-refractivity contribution in [2.45, 2.75) is 13.5 Å². The zero-order valence-corrected chi connectivity index (χ0v) is 16.4. The number of carbonyl (C=O) groups is 1. The Morgan fingerprint density at radius 2 is 2.04 bits per heavy atom. The molecule has 1 aromatic heterocycles. The number of thiazole rings is 1. The number of aryl methyl sites for hydroxylation is 1. The minimum Gasteiger partial charge on any atom is -0.496 e. The third kappa shape index (κ3) is 3.82. The molecule has 7 heteroatoms. The van der Waals surface area contributed by atoms with Gasteiger partial charge in [-0.15, -0.1) is 0 Å². The molecule has 26 heavy (non-hydrogen) atoms. The van der Waals surface area contributed by atoms with Crippen LogP contribution in [0.4, 0.5) is 0 Å². The minimum absolute atomic E-state index is 0.340. The second kappa shape index (κ2) is 8.03. The smallest absolute Gasteiger partial charge is 0.283 e. The molecule has 0 aliphatic heterocycles. The summed E-state index contributed by atoms with van der Waals surface area (Å²) in [6.45, 7) is 3.18. The number of amides is 1. The molecule has 0 N–H and O–H groups in total. The van der Waals surface area contributed by atoms with Crippen LogP contribution in [-0.2, 0) is 11.3 Å². The van der Waals surface area contributed by atoms with E-state index >= 15 is 0 Å². The van der Waals surface area contributed by atoms with E-state index in [2.05, 4.69) is 11.1 Å². The molecule has 1 amide bonds. The first-order valence-electron chi connectivity index (χ1n) is 8.05. The van der Waals surface area contributed by atoms with Crippen molar-refractivity contribution < 1.29 is 14.3 Å². The fourth-order valence-electron chi connectivity index (χ4n) is 2.66. The summed E-state index contributed by atoms with van der Waals surface area (Å²) in [5.74, 6) is 0.0577. The van der Waals surface area contributed by atoms with Gasteiger partial charge in [0, 0.05) is 18.7 Å². The molecule has 3 aromatic rings. The van der Waals surface area contributed by atoms with Gasteiger partial charge < -0.3 is 14.0 Å². The Hall–Kier alpha value is -2.15. The van der Waals surface area contributed by atoms with Crippen LogP contribution in [0.15, 0.2) is 41.4 Å². The lowest BCUT2D eigenvalue weighted by atomic mass is 10.2. The maximum Gasteiger partial charge on any atom is 0.283 e. The van der Waals surface area contributed by atoms with Gasteiger partial charge in [0.2, 0.25) is 0 Å². The fraction of sp³-hybridized carbons (Fsp3) is 0.263. The molecule has 0 fully saturated rings. The third-order valence-electron chi connectivity index (χ3n) is 3.95. The molecule has 0 saturated heterocycles. The molecule has 0 aliphatic carbocycles. The van der Waals surface area contributed by atoms with Crippen molar-refractivity contribution in [3.8, 4) is 5.75 Å². The molecule has 0 bridgehead atoms. The van der Waals surface area contributed by atoms with E-state index in [1.165, 1.54) is 18.4 Å². The average molecular weight is 391 g/mol.